The van der Waals surface area contributed by atoms with Crippen molar-refractivity contribution < 1.29 is 9.59 Å². The van der Waals surface area contributed by atoms with Gasteiger partial charge in [-0.3, -0.25) is 9.59 Å². The molecule has 3 nitrogen and oxygen atoms in total. The lowest BCUT2D eigenvalue weighted by molar-refractivity contribution is 0.0990. The van der Waals surface area contributed by atoms with Crippen molar-refractivity contribution in [1.29, 1.82) is 0 Å². The second-order valence-electron chi connectivity index (χ2n) is 12.8. The van der Waals surface area contributed by atoms with Crippen LogP contribution in [0.15, 0.2) is 163 Å². The van der Waals surface area contributed by atoms with Gasteiger partial charge in [0.05, 0.1) is 22.4 Å². The second-order valence-corrected chi connectivity index (χ2v) is 12.8. The summed E-state index contributed by atoms with van der Waals surface area (Å²) in [5, 5.41) is 1.90. The number of nitrogens with zero attached hydrogens (tertiary/aromatic N) is 1. The molecule has 3 heteroatoms. The SMILES string of the molecule is O=C1C(=Cc2ccc3c(c2)C2(c4ccccc4-c4ccccc42)c2ccccc2N3c2ccccc2)C(=O)c2cc3ccccc3cc21. The molecule has 1 aliphatic heterocycles. The van der Waals surface area contributed by atoms with Gasteiger partial charge in [0.1, 0.15) is 0 Å². The van der Waals surface area contributed by atoms with Crippen LogP contribution in [0.3, 0.4) is 0 Å². The van der Waals surface area contributed by atoms with Gasteiger partial charge in [0.15, 0.2) is 11.6 Å². The monoisotopic (exact) mass is 613 g/mol. The Labute approximate surface area is 278 Å². The maximum absolute atomic E-state index is 13.8. The van der Waals surface area contributed by atoms with Crippen molar-refractivity contribution in [1.82, 2.24) is 0 Å². The lowest BCUT2D eigenvalue weighted by Crippen LogP contribution is -2.36. The molecule has 7 aromatic carbocycles. The number of rotatable bonds is 2. The number of fused-ring (bicyclic) bond motifs is 11. The number of hydrogen-bond donors (Lipinski definition) is 0. The van der Waals surface area contributed by atoms with Crippen LogP contribution in [0.4, 0.5) is 17.1 Å². The summed E-state index contributed by atoms with van der Waals surface area (Å²) < 4.78 is 0. The molecule has 0 amide bonds. The highest BCUT2D eigenvalue weighted by atomic mass is 16.2. The highest BCUT2D eigenvalue weighted by Gasteiger charge is 2.51. The van der Waals surface area contributed by atoms with Crippen molar-refractivity contribution in [2.75, 3.05) is 4.90 Å². The van der Waals surface area contributed by atoms with E-state index >= 15 is 0 Å². The largest absolute Gasteiger partial charge is 0.310 e. The van der Waals surface area contributed by atoms with Crippen LogP contribution in [-0.2, 0) is 5.41 Å². The fourth-order valence-corrected chi connectivity index (χ4v) is 8.38. The Kier molecular flexibility index (Phi) is 5.51. The van der Waals surface area contributed by atoms with Crippen molar-refractivity contribution in [3.05, 3.63) is 202 Å². The third kappa shape index (κ3) is 3.48. The molecule has 0 N–H and O–H groups in total. The number of allylic oxidation sites excluding steroid dienone is 1. The maximum Gasteiger partial charge on any atom is 0.197 e. The minimum absolute atomic E-state index is 0.206. The van der Waals surface area contributed by atoms with Crippen LogP contribution in [0.1, 0.15) is 48.5 Å². The van der Waals surface area contributed by atoms with Gasteiger partial charge in [0.25, 0.3) is 0 Å². The zero-order valence-corrected chi connectivity index (χ0v) is 25.9. The number of carbonyl (C=O) groups excluding carboxylic acids is 2. The minimum Gasteiger partial charge on any atom is -0.310 e. The van der Waals surface area contributed by atoms with E-state index in [0.717, 1.165) is 39.0 Å². The third-order valence-corrected chi connectivity index (χ3v) is 10.4. The van der Waals surface area contributed by atoms with Crippen LogP contribution >= 0.6 is 0 Å². The van der Waals surface area contributed by atoms with Crippen LogP contribution in [0, 0.1) is 0 Å². The summed E-state index contributed by atoms with van der Waals surface area (Å²) in [5.41, 5.74) is 11.8. The van der Waals surface area contributed by atoms with Gasteiger partial charge in [0.2, 0.25) is 0 Å². The molecule has 224 valence electrons. The van der Waals surface area contributed by atoms with Crippen molar-refractivity contribution in [2.24, 2.45) is 0 Å². The van der Waals surface area contributed by atoms with Crippen molar-refractivity contribution in [3.63, 3.8) is 0 Å². The Balaban J connectivity index is 1.25. The Bertz CT molecular complexity index is 2460. The Morgan fingerprint density at radius 1 is 0.438 bits per heavy atom. The number of ketones is 2. The molecule has 0 bridgehead atoms. The van der Waals surface area contributed by atoms with Crippen molar-refractivity contribution in [2.45, 2.75) is 5.41 Å². The number of Topliss-reactive ketones (excluding diaryl/α,β-unsaturated/α-hetero) is 2. The molecule has 0 fully saturated rings. The standard InChI is InChI=1S/C45H27NO2/c47-43-34-26-29-12-4-5-13-30(29)27-35(34)44(48)36(43)24-28-22-23-42-40(25-28)45(37-18-8-6-16-32(37)33-17-7-9-19-38(33)45)39-20-10-11-21-41(39)46(42)31-14-2-1-3-15-31/h1-27H. The molecule has 48 heavy (non-hydrogen) atoms. The molecule has 0 aromatic heterocycles. The van der Waals surface area contributed by atoms with E-state index < -0.39 is 5.41 Å². The molecule has 0 radical (unpaired) electrons. The van der Waals surface area contributed by atoms with Gasteiger partial charge in [-0.05, 0) is 98.3 Å². The van der Waals surface area contributed by atoms with E-state index in [-0.39, 0.29) is 17.1 Å². The molecule has 0 atom stereocenters. The quantitative estimate of drug-likeness (QED) is 0.144. The number of carbonyl (C=O) groups is 2. The van der Waals surface area contributed by atoms with Gasteiger partial charge in [-0.1, -0.05) is 115 Å². The Morgan fingerprint density at radius 2 is 0.958 bits per heavy atom. The fourth-order valence-electron chi connectivity index (χ4n) is 8.38. The van der Waals surface area contributed by atoms with Crippen LogP contribution in [0.2, 0.25) is 0 Å². The number of para-hydroxylation sites is 2. The molecule has 3 aliphatic rings. The summed E-state index contributed by atoms with van der Waals surface area (Å²) >= 11 is 0. The summed E-state index contributed by atoms with van der Waals surface area (Å²) in [6.45, 7) is 0. The van der Waals surface area contributed by atoms with E-state index in [1.165, 1.54) is 27.8 Å². The normalized spacial score (nSPS) is 14.8. The number of benzene rings is 7. The first-order valence-corrected chi connectivity index (χ1v) is 16.3. The predicted octanol–water partition coefficient (Wildman–Crippen LogP) is 10.4. The van der Waals surface area contributed by atoms with Crippen molar-refractivity contribution >= 4 is 45.5 Å². The minimum atomic E-state index is -0.608. The first kappa shape index (κ1) is 26.9. The van der Waals surface area contributed by atoms with Crippen LogP contribution in [0.5, 0.6) is 0 Å². The average molecular weight is 614 g/mol. The van der Waals surface area contributed by atoms with Gasteiger partial charge in [-0.15, -0.1) is 0 Å². The van der Waals surface area contributed by atoms with Crippen LogP contribution in [-0.4, -0.2) is 11.6 Å². The molecule has 7 aromatic rings. The molecule has 10 rings (SSSR count). The van der Waals surface area contributed by atoms with Gasteiger partial charge in [-0.25, -0.2) is 0 Å². The molecule has 0 saturated heterocycles. The first-order valence-electron chi connectivity index (χ1n) is 16.3. The topological polar surface area (TPSA) is 37.4 Å². The number of hydrogen-bond acceptors (Lipinski definition) is 3. The smallest absolute Gasteiger partial charge is 0.197 e. The summed E-state index contributed by atoms with van der Waals surface area (Å²) in [6, 6.07) is 54.5. The average Bonchev–Trinajstić information content (AvgIpc) is 3.56. The van der Waals surface area contributed by atoms with E-state index in [0.29, 0.717) is 11.1 Å². The first-order chi connectivity index (χ1) is 23.6. The highest BCUT2D eigenvalue weighted by Crippen LogP contribution is 2.63. The zero-order valence-electron chi connectivity index (χ0n) is 25.9. The zero-order chi connectivity index (χ0) is 32.0. The van der Waals surface area contributed by atoms with E-state index in [2.05, 4.69) is 114 Å². The Hall–Kier alpha value is -6.32. The van der Waals surface area contributed by atoms with Crippen molar-refractivity contribution in [3.8, 4) is 11.1 Å². The van der Waals surface area contributed by atoms with Gasteiger partial charge < -0.3 is 4.90 Å². The fraction of sp³-hybridized carbons (Fsp3) is 0.0222. The van der Waals surface area contributed by atoms with Crippen LogP contribution < -0.4 is 4.90 Å². The van der Waals surface area contributed by atoms with E-state index in [1.54, 1.807) is 6.08 Å². The maximum atomic E-state index is 13.8. The van der Waals surface area contributed by atoms with Gasteiger partial charge >= 0.3 is 0 Å². The summed E-state index contributed by atoms with van der Waals surface area (Å²) in [7, 11) is 0. The van der Waals surface area contributed by atoms with E-state index in [9.17, 15) is 9.59 Å². The molecule has 1 heterocycles. The molecular weight excluding hydrogens is 587 g/mol. The predicted molar refractivity (Wildman–Crippen MR) is 193 cm³/mol. The lowest BCUT2D eigenvalue weighted by atomic mass is 9.64. The number of anilines is 3. The van der Waals surface area contributed by atoms with Gasteiger partial charge in [-0.2, -0.15) is 0 Å². The molecule has 0 unspecified atom stereocenters. The summed E-state index contributed by atoms with van der Waals surface area (Å²) in [5.74, 6) is -0.443. The third-order valence-electron chi connectivity index (χ3n) is 10.4. The molecule has 0 saturated carbocycles. The summed E-state index contributed by atoms with van der Waals surface area (Å²) in [6.07, 6.45) is 1.80. The molecular formula is C45H27NO2. The van der Waals surface area contributed by atoms with E-state index in [4.69, 9.17) is 0 Å². The summed E-state index contributed by atoms with van der Waals surface area (Å²) in [4.78, 5) is 30.0. The van der Waals surface area contributed by atoms with Gasteiger partial charge in [0, 0.05) is 16.8 Å². The van der Waals surface area contributed by atoms with Crippen LogP contribution in [0.25, 0.3) is 28.0 Å². The second kappa shape index (κ2) is 9.84. The van der Waals surface area contributed by atoms with E-state index in [1.807, 2.05) is 48.5 Å². The molecule has 2 aliphatic carbocycles. The Morgan fingerprint density at radius 3 is 1.60 bits per heavy atom. The highest BCUT2D eigenvalue weighted by molar-refractivity contribution is 6.42. The lowest BCUT2D eigenvalue weighted by Gasteiger charge is -2.45. The molecule has 1 spiro atoms.